The molecule has 0 radical (unpaired) electrons. The van der Waals surface area contributed by atoms with Gasteiger partial charge in [0.15, 0.2) is 0 Å². The Morgan fingerprint density at radius 3 is 2.15 bits per heavy atom. The van der Waals surface area contributed by atoms with Gasteiger partial charge >= 0.3 is 0 Å². The Labute approximate surface area is 119 Å². The van der Waals surface area contributed by atoms with Crippen LogP contribution in [0.3, 0.4) is 0 Å². The summed E-state index contributed by atoms with van der Waals surface area (Å²) in [6.45, 7) is -0.0545. The molecule has 0 aromatic heterocycles. The van der Waals surface area contributed by atoms with Crippen molar-refractivity contribution in [2.75, 3.05) is 10.5 Å². The smallest absolute Gasteiger partial charge is 0.233 e. The maximum Gasteiger partial charge on any atom is 0.233 e. The molecule has 0 aliphatic carbocycles. The quantitative estimate of drug-likeness (QED) is 0.857. The standard InChI is InChI=1S/C15H17NO3S/c17-12-14-6-8-15(9-7-14)16-20(18,19)11-10-13-4-2-1-3-5-13/h1-9,16-17H,10-12H2. The molecule has 2 rings (SSSR count). The Hall–Kier alpha value is -1.85. The molecule has 20 heavy (non-hydrogen) atoms. The number of hydrogen-bond donors (Lipinski definition) is 2. The van der Waals surface area contributed by atoms with E-state index in [2.05, 4.69) is 4.72 Å². The summed E-state index contributed by atoms with van der Waals surface area (Å²) in [6, 6.07) is 16.2. The summed E-state index contributed by atoms with van der Waals surface area (Å²) in [5.74, 6) is 0.0404. The number of aliphatic hydroxyl groups is 1. The third-order valence-corrected chi connectivity index (χ3v) is 4.20. The molecule has 0 bridgehead atoms. The van der Waals surface area contributed by atoms with Crippen molar-refractivity contribution >= 4 is 15.7 Å². The Balaban J connectivity index is 1.96. The number of aliphatic hydroxyl groups excluding tert-OH is 1. The number of sulfonamides is 1. The van der Waals surface area contributed by atoms with E-state index in [0.717, 1.165) is 11.1 Å². The lowest BCUT2D eigenvalue weighted by molar-refractivity contribution is 0.282. The molecule has 0 atom stereocenters. The first-order chi connectivity index (χ1) is 9.59. The van der Waals surface area contributed by atoms with Gasteiger partial charge in [0.05, 0.1) is 12.4 Å². The normalized spacial score (nSPS) is 11.2. The molecule has 0 heterocycles. The Morgan fingerprint density at radius 2 is 1.55 bits per heavy atom. The first-order valence-electron chi connectivity index (χ1n) is 6.33. The average molecular weight is 291 g/mol. The molecule has 2 aromatic rings. The van der Waals surface area contributed by atoms with E-state index < -0.39 is 10.0 Å². The first-order valence-corrected chi connectivity index (χ1v) is 7.98. The number of hydrogen-bond acceptors (Lipinski definition) is 3. The van der Waals surface area contributed by atoms with Gasteiger partial charge in [0.2, 0.25) is 10.0 Å². The number of aryl methyl sites for hydroxylation is 1. The van der Waals surface area contributed by atoms with Crippen LogP contribution in [-0.4, -0.2) is 19.3 Å². The van der Waals surface area contributed by atoms with E-state index in [-0.39, 0.29) is 12.4 Å². The van der Waals surface area contributed by atoms with Crippen LogP contribution in [0, 0.1) is 0 Å². The van der Waals surface area contributed by atoms with Crippen LogP contribution in [0.2, 0.25) is 0 Å². The molecule has 2 N–H and O–H groups in total. The zero-order chi connectivity index (χ0) is 14.4. The van der Waals surface area contributed by atoms with Gasteiger partial charge in [0.1, 0.15) is 0 Å². The van der Waals surface area contributed by atoms with E-state index in [1.165, 1.54) is 0 Å². The zero-order valence-electron chi connectivity index (χ0n) is 11.0. The van der Waals surface area contributed by atoms with E-state index in [4.69, 9.17) is 5.11 Å². The molecular weight excluding hydrogens is 274 g/mol. The molecule has 0 aliphatic rings. The van der Waals surface area contributed by atoms with Gasteiger partial charge in [-0.3, -0.25) is 4.72 Å². The first kappa shape index (κ1) is 14.6. The maximum atomic E-state index is 12.0. The molecule has 106 valence electrons. The number of benzene rings is 2. The maximum absolute atomic E-state index is 12.0. The molecule has 5 heteroatoms. The summed E-state index contributed by atoms with van der Waals surface area (Å²) in [7, 11) is -3.36. The third-order valence-electron chi connectivity index (χ3n) is 2.91. The summed E-state index contributed by atoms with van der Waals surface area (Å²) in [6.07, 6.45) is 0.477. The van der Waals surface area contributed by atoms with Crippen LogP contribution >= 0.6 is 0 Å². The Bertz CT molecular complexity index is 637. The van der Waals surface area contributed by atoms with Gasteiger partial charge in [-0.2, -0.15) is 0 Å². The predicted molar refractivity (Wildman–Crippen MR) is 79.9 cm³/mol. The summed E-state index contributed by atoms with van der Waals surface area (Å²) in [5.41, 5.74) is 2.25. The van der Waals surface area contributed by atoms with Crippen LogP contribution in [0.4, 0.5) is 5.69 Å². The van der Waals surface area contributed by atoms with Crippen molar-refractivity contribution < 1.29 is 13.5 Å². The van der Waals surface area contributed by atoms with Crippen LogP contribution in [-0.2, 0) is 23.1 Å². The lowest BCUT2D eigenvalue weighted by Crippen LogP contribution is -2.18. The molecule has 0 aliphatic heterocycles. The second kappa shape index (κ2) is 6.54. The van der Waals surface area contributed by atoms with Gasteiger partial charge in [-0.1, -0.05) is 42.5 Å². The SMILES string of the molecule is O=S(=O)(CCc1ccccc1)Nc1ccc(CO)cc1. The minimum absolute atomic E-state index is 0.0404. The second-order valence-corrected chi connectivity index (χ2v) is 6.35. The highest BCUT2D eigenvalue weighted by Crippen LogP contribution is 2.12. The third kappa shape index (κ3) is 4.36. The van der Waals surface area contributed by atoms with Crippen molar-refractivity contribution in [2.24, 2.45) is 0 Å². The van der Waals surface area contributed by atoms with Crippen LogP contribution in [0.15, 0.2) is 54.6 Å². The number of nitrogens with one attached hydrogen (secondary N) is 1. The van der Waals surface area contributed by atoms with Crippen LogP contribution in [0.1, 0.15) is 11.1 Å². The molecule has 0 spiro atoms. The van der Waals surface area contributed by atoms with Crippen molar-refractivity contribution in [3.8, 4) is 0 Å². The van der Waals surface area contributed by atoms with Gasteiger partial charge < -0.3 is 5.11 Å². The van der Waals surface area contributed by atoms with Gasteiger partial charge in [-0.05, 0) is 29.7 Å². The highest BCUT2D eigenvalue weighted by molar-refractivity contribution is 7.92. The fourth-order valence-corrected chi connectivity index (χ4v) is 2.91. The van der Waals surface area contributed by atoms with E-state index in [9.17, 15) is 8.42 Å². The van der Waals surface area contributed by atoms with E-state index >= 15 is 0 Å². The Morgan fingerprint density at radius 1 is 0.900 bits per heavy atom. The predicted octanol–water partition coefficient (Wildman–Crippen LogP) is 2.16. The monoisotopic (exact) mass is 291 g/mol. The van der Waals surface area contributed by atoms with Crippen molar-refractivity contribution in [3.05, 3.63) is 65.7 Å². The van der Waals surface area contributed by atoms with Crippen molar-refractivity contribution in [1.82, 2.24) is 0 Å². The van der Waals surface area contributed by atoms with E-state index in [1.807, 2.05) is 30.3 Å². The minimum atomic E-state index is -3.36. The van der Waals surface area contributed by atoms with Crippen LogP contribution in [0.25, 0.3) is 0 Å². The minimum Gasteiger partial charge on any atom is -0.392 e. The second-order valence-electron chi connectivity index (χ2n) is 4.51. The van der Waals surface area contributed by atoms with Crippen molar-refractivity contribution in [2.45, 2.75) is 13.0 Å². The highest BCUT2D eigenvalue weighted by atomic mass is 32.2. The number of anilines is 1. The van der Waals surface area contributed by atoms with Gasteiger partial charge in [0, 0.05) is 5.69 Å². The van der Waals surface area contributed by atoms with E-state index in [0.29, 0.717) is 12.1 Å². The lowest BCUT2D eigenvalue weighted by atomic mass is 10.2. The molecule has 4 nitrogen and oxygen atoms in total. The summed E-state index contributed by atoms with van der Waals surface area (Å²) >= 11 is 0. The average Bonchev–Trinajstić information content (AvgIpc) is 2.47. The van der Waals surface area contributed by atoms with Crippen molar-refractivity contribution in [3.63, 3.8) is 0 Å². The molecule has 0 fully saturated rings. The van der Waals surface area contributed by atoms with Crippen molar-refractivity contribution in [1.29, 1.82) is 0 Å². The van der Waals surface area contributed by atoms with Gasteiger partial charge in [0.25, 0.3) is 0 Å². The van der Waals surface area contributed by atoms with Gasteiger partial charge in [-0.15, -0.1) is 0 Å². The largest absolute Gasteiger partial charge is 0.392 e. The molecule has 0 saturated carbocycles. The highest BCUT2D eigenvalue weighted by Gasteiger charge is 2.10. The fourth-order valence-electron chi connectivity index (χ4n) is 1.81. The lowest BCUT2D eigenvalue weighted by Gasteiger charge is -2.08. The summed E-state index contributed by atoms with van der Waals surface area (Å²) < 4.78 is 26.5. The fraction of sp³-hybridized carbons (Fsp3) is 0.200. The van der Waals surface area contributed by atoms with Crippen LogP contribution in [0.5, 0.6) is 0 Å². The Kier molecular flexibility index (Phi) is 4.76. The summed E-state index contributed by atoms with van der Waals surface area (Å²) in [4.78, 5) is 0. The van der Waals surface area contributed by atoms with Crippen LogP contribution < -0.4 is 4.72 Å². The number of rotatable bonds is 6. The molecule has 0 saturated heterocycles. The summed E-state index contributed by atoms with van der Waals surface area (Å²) in [5, 5.41) is 8.93. The van der Waals surface area contributed by atoms with E-state index in [1.54, 1.807) is 24.3 Å². The molecule has 2 aromatic carbocycles. The molecule has 0 amide bonds. The zero-order valence-corrected chi connectivity index (χ0v) is 11.8. The molecule has 0 unspecified atom stereocenters. The van der Waals surface area contributed by atoms with Gasteiger partial charge in [-0.25, -0.2) is 8.42 Å². The molecular formula is C15H17NO3S. The topological polar surface area (TPSA) is 66.4 Å².